The van der Waals surface area contributed by atoms with Gasteiger partial charge in [0.2, 0.25) is 0 Å². The summed E-state index contributed by atoms with van der Waals surface area (Å²) in [6.45, 7) is 4.55. The second kappa shape index (κ2) is 6.47. The minimum absolute atomic E-state index is 0.0266. The van der Waals surface area contributed by atoms with E-state index in [1.54, 1.807) is 23.7 Å². The zero-order valence-corrected chi connectivity index (χ0v) is 12.6. The first kappa shape index (κ1) is 14.5. The topological polar surface area (TPSA) is 64.1 Å². The Kier molecular flexibility index (Phi) is 4.68. The fourth-order valence-electron chi connectivity index (χ4n) is 1.73. The number of carbonyl (C=O) groups is 1. The second-order valence-corrected chi connectivity index (χ2v) is 5.50. The third-order valence-corrected chi connectivity index (χ3v) is 4.11. The summed E-state index contributed by atoms with van der Waals surface area (Å²) >= 11 is 1.60. The maximum atomic E-state index is 12.0. The smallest absolute Gasteiger partial charge is 0.316 e. The first-order valence-electron chi connectivity index (χ1n) is 6.29. The van der Waals surface area contributed by atoms with Crippen molar-refractivity contribution in [3.05, 3.63) is 39.3 Å². The van der Waals surface area contributed by atoms with Crippen LogP contribution in [0.15, 0.2) is 17.8 Å². The summed E-state index contributed by atoms with van der Waals surface area (Å²) in [7, 11) is 1.53. The molecular weight excluding hydrogens is 274 g/mol. The molecule has 2 aromatic heterocycles. The molecule has 0 aromatic carbocycles. The van der Waals surface area contributed by atoms with Crippen LogP contribution in [-0.4, -0.2) is 29.5 Å². The Morgan fingerprint density at radius 1 is 1.35 bits per heavy atom. The van der Waals surface area contributed by atoms with Gasteiger partial charge >= 0.3 is 6.01 Å². The van der Waals surface area contributed by atoms with Gasteiger partial charge < -0.3 is 10.1 Å². The molecule has 20 heavy (non-hydrogen) atoms. The van der Waals surface area contributed by atoms with Crippen LogP contribution in [0.1, 0.15) is 26.4 Å². The maximum Gasteiger partial charge on any atom is 0.316 e. The molecule has 6 heteroatoms. The number of ether oxygens (including phenoxy) is 1. The summed E-state index contributed by atoms with van der Waals surface area (Å²) in [6, 6.07) is 0.349. The van der Waals surface area contributed by atoms with E-state index in [-0.39, 0.29) is 5.91 Å². The third-order valence-electron chi connectivity index (χ3n) is 3.09. The Morgan fingerprint density at radius 3 is 2.60 bits per heavy atom. The first-order valence-corrected chi connectivity index (χ1v) is 7.17. The first-order chi connectivity index (χ1) is 9.61. The van der Waals surface area contributed by atoms with E-state index in [9.17, 15) is 4.79 Å². The molecule has 5 nitrogen and oxygen atoms in total. The van der Waals surface area contributed by atoms with E-state index in [4.69, 9.17) is 4.74 Å². The Morgan fingerprint density at radius 2 is 2.05 bits per heavy atom. The molecule has 0 radical (unpaired) electrons. The fourth-order valence-corrected chi connectivity index (χ4v) is 2.60. The molecule has 1 N–H and O–H groups in total. The van der Waals surface area contributed by atoms with Gasteiger partial charge in [0, 0.05) is 29.2 Å². The molecule has 0 aliphatic heterocycles. The van der Waals surface area contributed by atoms with Gasteiger partial charge in [-0.15, -0.1) is 11.3 Å². The minimum atomic E-state index is -0.0266. The third kappa shape index (κ3) is 3.33. The monoisotopic (exact) mass is 291 g/mol. The molecule has 0 bridgehead atoms. The van der Waals surface area contributed by atoms with Crippen molar-refractivity contribution in [2.75, 3.05) is 13.7 Å². The average Bonchev–Trinajstić information content (AvgIpc) is 2.80. The summed E-state index contributed by atoms with van der Waals surface area (Å²) in [4.78, 5) is 21.2. The summed E-state index contributed by atoms with van der Waals surface area (Å²) in [5, 5.41) is 4.81. The van der Waals surface area contributed by atoms with Crippen LogP contribution in [0.5, 0.6) is 6.01 Å². The molecule has 0 saturated carbocycles. The zero-order chi connectivity index (χ0) is 14.5. The fraction of sp³-hybridized carbons (Fsp3) is 0.357. The molecule has 0 fully saturated rings. The normalized spacial score (nSPS) is 10.3. The number of nitrogens with one attached hydrogen (secondary N) is 1. The molecule has 0 atom stereocenters. The Bertz CT molecular complexity index is 593. The lowest BCUT2D eigenvalue weighted by atomic mass is 10.1. The minimum Gasteiger partial charge on any atom is -0.467 e. The van der Waals surface area contributed by atoms with E-state index in [0.717, 1.165) is 16.7 Å². The molecule has 0 aliphatic rings. The van der Waals surface area contributed by atoms with Crippen molar-refractivity contribution in [2.45, 2.75) is 20.3 Å². The van der Waals surface area contributed by atoms with Crippen molar-refractivity contribution in [2.24, 2.45) is 0 Å². The Hall–Kier alpha value is -1.95. The zero-order valence-electron chi connectivity index (χ0n) is 11.8. The van der Waals surface area contributed by atoms with Gasteiger partial charge in [-0.25, -0.2) is 9.97 Å². The molecule has 0 aliphatic carbocycles. The predicted octanol–water partition coefficient (Wildman–Crippen LogP) is 2.14. The van der Waals surface area contributed by atoms with Gasteiger partial charge in [-0.3, -0.25) is 4.79 Å². The van der Waals surface area contributed by atoms with Crippen LogP contribution in [0.3, 0.4) is 0 Å². The van der Waals surface area contributed by atoms with Crippen LogP contribution in [0.4, 0.5) is 0 Å². The van der Waals surface area contributed by atoms with E-state index in [2.05, 4.69) is 15.3 Å². The summed E-state index contributed by atoms with van der Waals surface area (Å²) in [6.07, 6.45) is 4.11. The highest BCUT2D eigenvalue weighted by molar-refractivity contribution is 7.10. The maximum absolute atomic E-state index is 12.0. The number of hydrogen-bond acceptors (Lipinski definition) is 5. The molecule has 2 heterocycles. The Balaban J connectivity index is 1.86. The molecule has 0 saturated heterocycles. The van der Waals surface area contributed by atoms with E-state index < -0.39 is 0 Å². The number of hydrogen-bond donors (Lipinski definition) is 1. The SMILES string of the molecule is COc1ncc(CCNC(=O)c2csc(C)c2C)cn1. The number of methoxy groups -OCH3 is 1. The van der Waals surface area contributed by atoms with E-state index in [0.29, 0.717) is 19.0 Å². The lowest BCUT2D eigenvalue weighted by Gasteiger charge is -2.05. The van der Waals surface area contributed by atoms with Gasteiger partial charge in [-0.1, -0.05) is 0 Å². The van der Waals surface area contributed by atoms with E-state index in [1.165, 1.54) is 12.0 Å². The predicted molar refractivity (Wildman–Crippen MR) is 78.4 cm³/mol. The number of nitrogens with zero attached hydrogens (tertiary/aromatic N) is 2. The lowest BCUT2D eigenvalue weighted by Crippen LogP contribution is -2.26. The van der Waals surface area contributed by atoms with Crippen molar-refractivity contribution in [1.29, 1.82) is 0 Å². The van der Waals surface area contributed by atoms with Gasteiger partial charge in [-0.2, -0.15) is 0 Å². The van der Waals surface area contributed by atoms with Gasteiger partial charge in [-0.05, 0) is 31.4 Å². The lowest BCUT2D eigenvalue weighted by molar-refractivity contribution is 0.0954. The number of rotatable bonds is 5. The molecular formula is C14H17N3O2S. The van der Waals surface area contributed by atoms with Crippen LogP contribution in [0.25, 0.3) is 0 Å². The molecule has 2 rings (SSSR count). The van der Waals surface area contributed by atoms with Gasteiger partial charge in [0.25, 0.3) is 5.91 Å². The highest BCUT2D eigenvalue weighted by atomic mass is 32.1. The van der Waals surface area contributed by atoms with E-state index >= 15 is 0 Å². The van der Waals surface area contributed by atoms with Gasteiger partial charge in [0.05, 0.1) is 12.7 Å². The van der Waals surface area contributed by atoms with Crippen molar-refractivity contribution in [3.8, 4) is 6.01 Å². The summed E-state index contributed by atoms with van der Waals surface area (Å²) in [5.41, 5.74) is 2.78. The van der Waals surface area contributed by atoms with Crippen LogP contribution < -0.4 is 10.1 Å². The number of aromatic nitrogens is 2. The van der Waals surface area contributed by atoms with Crippen molar-refractivity contribution in [1.82, 2.24) is 15.3 Å². The van der Waals surface area contributed by atoms with Crippen molar-refractivity contribution < 1.29 is 9.53 Å². The van der Waals surface area contributed by atoms with Crippen LogP contribution in [0.2, 0.25) is 0 Å². The summed E-state index contributed by atoms with van der Waals surface area (Å²) < 4.78 is 4.89. The molecule has 1 amide bonds. The Labute approximate surface area is 122 Å². The highest BCUT2D eigenvalue weighted by Gasteiger charge is 2.11. The van der Waals surface area contributed by atoms with Gasteiger partial charge in [0.1, 0.15) is 0 Å². The largest absolute Gasteiger partial charge is 0.467 e. The quantitative estimate of drug-likeness (QED) is 0.916. The van der Waals surface area contributed by atoms with Crippen LogP contribution in [-0.2, 0) is 6.42 Å². The number of thiophene rings is 1. The molecule has 0 spiro atoms. The molecule has 2 aromatic rings. The van der Waals surface area contributed by atoms with Gasteiger partial charge in [0.15, 0.2) is 0 Å². The highest BCUT2D eigenvalue weighted by Crippen LogP contribution is 2.20. The second-order valence-electron chi connectivity index (χ2n) is 4.41. The van der Waals surface area contributed by atoms with Crippen molar-refractivity contribution >= 4 is 17.2 Å². The number of carbonyl (C=O) groups excluding carboxylic acids is 1. The van der Waals surface area contributed by atoms with Crippen LogP contribution in [0, 0.1) is 13.8 Å². The van der Waals surface area contributed by atoms with Crippen LogP contribution >= 0.6 is 11.3 Å². The molecule has 106 valence electrons. The standard InChI is InChI=1S/C14H17N3O2S/c1-9-10(2)20-8-12(9)13(18)15-5-4-11-6-16-14(19-3)17-7-11/h6-8H,4-5H2,1-3H3,(H,15,18). The van der Waals surface area contributed by atoms with E-state index in [1.807, 2.05) is 19.2 Å². The average molecular weight is 291 g/mol. The molecule has 0 unspecified atom stereocenters. The summed E-state index contributed by atoms with van der Waals surface area (Å²) in [5.74, 6) is -0.0266. The number of amides is 1. The van der Waals surface area contributed by atoms with Crippen molar-refractivity contribution in [3.63, 3.8) is 0 Å². The number of aryl methyl sites for hydroxylation is 1.